The summed E-state index contributed by atoms with van der Waals surface area (Å²) < 4.78 is 5.26. The van der Waals surface area contributed by atoms with E-state index >= 15 is 0 Å². The van der Waals surface area contributed by atoms with Gasteiger partial charge < -0.3 is 15.2 Å². The molecule has 1 aliphatic heterocycles. The minimum atomic E-state index is -0.682. The first kappa shape index (κ1) is 13.5. The molecule has 0 radical (unpaired) electrons. The highest BCUT2D eigenvalue weighted by atomic mass is 16.5. The number of hydrogen-bond donors (Lipinski definition) is 2. The summed E-state index contributed by atoms with van der Waals surface area (Å²) in [5, 5.41) is 13.7. The molecule has 1 fully saturated rings. The van der Waals surface area contributed by atoms with Crippen molar-refractivity contribution in [3.63, 3.8) is 0 Å². The summed E-state index contributed by atoms with van der Waals surface area (Å²) in [6.45, 7) is 5.96. The van der Waals surface area contributed by atoms with Crippen molar-refractivity contribution < 1.29 is 9.84 Å². The normalized spacial score (nSPS) is 25.3. The zero-order valence-corrected chi connectivity index (χ0v) is 11.3. The van der Waals surface area contributed by atoms with Crippen LogP contribution in [0, 0.1) is 6.92 Å². The minimum Gasteiger partial charge on any atom is -0.386 e. The summed E-state index contributed by atoms with van der Waals surface area (Å²) in [7, 11) is 0. The Hall–Kier alpha value is -0.900. The Morgan fingerprint density at radius 3 is 2.67 bits per heavy atom. The molecule has 3 nitrogen and oxygen atoms in total. The Balaban J connectivity index is 1.95. The topological polar surface area (TPSA) is 41.5 Å². The molecular weight excluding hydrogens is 226 g/mol. The van der Waals surface area contributed by atoms with E-state index in [9.17, 15) is 5.11 Å². The van der Waals surface area contributed by atoms with E-state index in [4.69, 9.17) is 4.74 Å². The Kier molecular flexibility index (Phi) is 4.38. The molecule has 18 heavy (non-hydrogen) atoms. The molecule has 2 unspecified atom stereocenters. The largest absolute Gasteiger partial charge is 0.386 e. The van der Waals surface area contributed by atoms with E-state index in [0.29, 0.717) is 25.8 Å². The molecule has 100 valence electrons. The Bertz CT molecular complexity index is 369. The van der Waals surface area contributed by atoms with Gasteiger partial charge in [-0.05, 0) is 18.9 Å². The van der Waals surface area contributed by atoms with Gasteiger partial charge in [0.25, 0.3) is 0 Å². The van der Waals surface area contributed by atoms with Crippen LogP contribution in [0.4, 0.5) is 0 Å². The Labute approximate surface area is 109 Å². The van der Waals surface area contributed by atoms with Crippen LogP contribution in [-0.4, -0.2) is 30.5 Å². The van der Waals surface area contributed by atoms with Gasteiger partial charge in [-0.3, -0.25) is 0 Å². The van der Waals surface area contributed by atoms with Crippen LogP contribution < -0.4 is 5.32 Å². The number of hydrogen-bond acceptors (Lipinski definition) is 3. The molecule has 2 N–H and O–H groups in total. The van der Waals surface area contributed by atoms with E-state index in [1.165, 1.54) is 11.1 Å². The van der Waals surface area contributed by atoms with Gasteiger partial charge in [-0.25, -0.2) is 0 Å². The van der Waals surface area contributed by atoms with Gasteiger partial charge in [-0.2, -0.15) is 0 Å². The van der Waals surface area contributed by atoms with Crippen molar-refractivity contribution in [3.05, 3.63) is 35.4 Å². The standard InChI is InChI=1S/C15H23NO2/c1-3-14(13-6-4-12(2)5-7-13)16-10-15(17)8-9-18-11-15/h4-7,14,16-17H,3,8-11H2,1-2H3. The van der Waals surface area contributed by atoms with Crippen molar-refractivity contribution in [3.8, 4) is 0 Å². The highest BCUT2D eigenvalue weighted by Gasteiger charge is 2.32. The molecule has 0 spiro atoms. The summed E-state index contributed by atoms with van der Waals surface area (Å²) in [5.74, 6) is 0. The summed E-state index contributed by atoms with van der Waals surface area (Å²) >= 11 is 0. The average Bonchev–Trinajstić information content (AvgIpc) is 2.79. The van der Waals surface area contributed by atoms with Gasteiger partial charge in [-0.15, -0.1) is 0 Å². The second-order valence-corrected chi connectivity index (χ2v) is 5.28. The highest BCUT2D eigenvalue weighted by molar-refractivity contribution is 5.24. The first-order valence-corrected chi connectivity index (χ1v) is 6.73. The molecular formula is C15H23NO2. The summed E-state index contributed by atoms with van der Waals surface area (Å²) in [5.41, 5.74) is 1.88. The number of benzene rings is 1. The molecule has 2 atom stereocenters. The van der Waals surface area contributed by atoms with Crippen molar-refractivity contribution in [2.24, 2.45) is 0 Å². The van der Waals surface area contributed by atoms with E-state index in [2.05, 4.69) is 43.4 Å². The summed E-state index contributed by atoms with van der Waals surface area (Å²) in [4.78, 5) is 0. The summed E-state index contributed by atoms with van der Waals surface area (Å²) in [6, 6.07) is 8.88. The number of ether oxygens (including phenoxy) is 1. The van der Waals surface area contributed by atoms with Crippen molar-refractivity contribution >= 4 is 0 Å². The van der Waals surface area contributed by atoms with Crippen molar-refractivity contribution in [1.29, 1.82) is 0 Å². The zero-order chi connectivity index (χ0) is 13.0. The van der Waals surface area contributed by atoms with Gasteiger partial charge in [0.1, 0.15) is 5.60 Å². The molecule has 1 saturated heterocycles. The second kappa shape index (κ2) is 5.83. The Morgan fingerprint density at radius 2 is 2.11 bits per heavy atom. The molecule has 0 saturated carbocycles. The van der Waals surface area contributed by atoms with Gasteiger partial charge in [-0.1, -0.05) is 36.8 Å². The van der Waals surface area contributed by atoms with Crippen LogP contribution in [0.3, 0.4) is 0 Å². The molecule has 1 aromatic rings. The molecule has 0 aliphatic carbocycles. The fraction of sp³-hybridized carbons (Fsp3) is 0.600. The molecule has 1 aromatic carbocycles. The maximum Gasteiger partial charge on any atom is 0.103 e. The number of aryl methyl sites for hydroxylation is 1. The van der Waals surface area contributed by atoms with Crippen LogP contribution in [0.25, 0.3) is 0 Å². The SMILES string of the molecule is CCC(NCC1(O)CCOC1)c1ccc(C)cc1. The molecule has 2 rings (SSSR count). The lowest BCUT2D eigenvalue weighted by Crippen LogP contribution is -2.42. The number of aliphatic hydroxyl groups is 1. The van der Waals surface area contributed by atoms with E-state index in [1.807, 2.05) is 0 Å². The van der Waals surface area contributed by atoms with E-state index in [1.54, 1.807) is 0 Å². The van der Waals surface area contributed by atoms with E-state index < -0.39 is 5.60 Å². The van der Waals surface area contributed by atoms with Gasteiger partial charge in [0.15, 0.2) is 0 Å². The fourth-order valence-electron chi connectivity index (χ4n) is 2.35. The third kappa shape index (κ3) is 3.31. The van der Waals surface area contributed by atoms with Crippen LogP contribution in [0.15, 0.2) is 24.3 Å². The first-order chi connectivity index (χ1) is 8.63. The Morgan fingerprint density at radius 1 is 1.39 bits per heavy atom. The molecule has 0 aromatic heterocycles. The van der Waals surface area contributed by atoms with Crippen LogP contribution in [0.5, 0.6) is 0 Å². The fourth-order valence-corrected chi connectivity index (χ4v) is 2.35. The van der Waals surface area contributed by atoms with Crippen LogP contribution in [0.1, 0.15) is 36.9 Å². The lowest BCUT2D eigenvalue weighted by molar-refractivity contribution is 0.0246. The van der Waals surface area contributed by atoms with Gasteiger partial charge in [0.2, 0.25) is 0 Å². The maximum absolute atomic E-state index is 10.2. The number of nitrogens with one attached hydrogen (secondary N) is 1. The van der Waals surface area contributed by atoms with E-state index in [-0.39, 0.29) is 0 Å². The molecule has 1 aliphatic rings. The van der Waals surface area contributed by atoms with Crippen LogP contribution in [0.2, 0.25) is 0 Å². The predicted octanol–water partition coefficient (Wildman–Crippen LogP) is 2.19. The maximum atomic E-state index is 10.2. The second-order valence-electron chi connectivity index (χ2n) is 5.28. The van der Waals surface area contributed by atoms with Gasteiger partial charge in [0.05, 0.1) is 6.61 Å². The lowest BCUT2D eigenvalue weighted by atomic mass is 9.99. The molecule has 0 amide bonds. The molecule has 1 heterocycles. The molecule has 0 bridgehead atoms. The number of rotatable bonds is 5. The predicted molar refractivity (Wildman–Crippen MR) is 72.6 cm³/mol. The zero-order valence-electron chi connectivity index (χ0n) is 11.3. The van der Waals surface area contributed by atoms with Crippen molar-refractivity contribution in [2.45, 2.75) is 38.3 Å². The highest BCUT2D eigenvalue weighted by Crippen LogP contribution is 2.21. The van der Waals surface area contributed by atoms with Gasteiger partial charge >= 0.3 is 0 Å². The average molecular weight is 249 g/mol. The smallest absolute Gasteiger partial charge is 0.103 e. The monoisotopic (exact) mass is 249 g/mol. The third-order valence-electron chi connectivity index (χ3n) is 3.65. The van der Waals surface area contributed by atoms with Crippen molar-refractivity contribution in [2.75, 3.05) is 19.8 Å². The van der Waals surface area contributed by atoms with Gasteiger partial charge in [0, 0.05) is 25.6 Å². The lowest BCUT2D eigenvalue weighted by Gasteiger charge is -2.25. The quantitative estimate of drug-likeness (QED) is 0.840. The van der Waals surface area contributed by atoms with Crippen LogP contribution in [-0.2, 0) is 4.74 Å². The first-order valence-electron chi connectivity index (χ1n) is 6.73. The summed E-state index contributed by atoms with van der Waals surface area (Å²) in [6.07, 6.45) is 1.74. The third-order valence-corrected chi connectivity index (χ3v) is 3.65. The van der Waals surface area contributed by atoms with Crippen LogP contribution >= 0.6 is 0 Å². The van der Waals surface area contributed by atoms with Crippen molar-refractivity contribution in [1.82, 2.24) is 5.32 Å². The van der Waals surface area contributed by atoms with E-state index in [0.717, 1.165) is 12.8 Å². The minimum absolute atomic E-state index is 0.301. The molecule has 3 heteroatoms.